The van der Waals surface area contributed by atoms with E-state index in [2.05, 4.69) is 22.6 Å². The molecule has 0 aliphatic heterocycles. The Morgan fingerprint density at radius 1 is 1.20 bits per heavy atom. The minimum atomic E-state index is 0. The summed E-state index contributed by atoms with van der Waals surface area (Å²) in [5, 5.41) is 3.23. The van der Waals surface area contributed by atoms with Crippen LogP contribution in [0.5, 0.6) is 0 Å². The van der Waals surface area contributed by atoms with Crippen molar-refractivity contribution < 1.29 is 21.1 Å². The zero-order chi connectivity index (χ0) is 9.64. The Kier molecular flexibility index (Phi) is 5.06. The van der Waals surface area contributed by atoms with Crippen LogP contribution in [0.1, 0.15) is 5.56 Å². The predicted molar refractivity (Wildman–Crippen MR) is 55.7 cm³/mol. The second-order valence-electron chi connectivity index (χ2n) is 2.90. The van der Waals surface area contributed by atoms with Gasteiger partial charge in [-0.05, 0) is 0 Å². The van der Waals surface area contributed by atoms with Gasteiger partial charge in [-0.3, -0.25) is 0 Å². The normalized spacial score (nSPS) is 9.07. The number of benzene rings is 1. The van der Waals surface area contributed by atoms with Gasteiger partial charge < -0.3 is 10.3 Å². The van der Waals surface area contributed by atoms with Crippen molar-refractivity contribution in [1.29, 1.82) is 0 Å². The van der Waals surface area contributed by atoms with E-state index in [9.17, 15) is 0 Å². The second kappa shape index (κ2) is 6.36. The number of hydrogen-bond acceptors (Lipinski definition) is 2. The van der Waals surface area contributed by atoms with Crippen molar-refractivity contribution in [2.45, 2.75) is 6.54 Å². The van der Waals surface area contributed by atoms with E-state index in [1.165, 1.54) is 0 Å². The van der Waals surface area contributed by atoms with Gasteiger partial charge in [0.2, 0.25) is 0 Å². The van der Waals surface area contributed by atoms with Crippen LogP contribution < -0.4 is 5.32 Å². The summed E-state index contributed by atoms with van der Waals surface area (Å²) < 4.78 is 0. The zero-order valence-electron chi connectivity index (χ0n) is 8.10. The third kappa shape index (κ3) is 3.84. The molecule has 0 radical (unpaired) electrons. The third-order valence-electron chi connectivity index (χ3n) is 1.84. The first kappa shape index (κ1) is 11.9. The summed E-state index contributed by atoms with van der Waals surface area (Å²) in [4.78, 5) is 3.92. The molecule has 0 aliphatic carbocycles. The quantitative estimate of drug-likeness (QED) is 0.844. The maximum Gasteiger partial charge on any atom is 2.00 e. The van der Waals surface area contributed by atoms with E-state index in [1.54, 1.807) is 6.20 Å². The predicted octanol–water partition coefficient (Wildman–Crippen LogP) is 2.29. The molecule has 2 aromatic rings. The summed E-state index contributed by atoms with van der Waals surface area (Å²) in [6, 6.07) is 14.8. The number of nitrogens with zero attached hydrogens (tertiary/aromatic N) is 1. The molecule has 0 bridgehead atoms. The van der Waals surface area contributed by atoms with Crippen molar-refractivity contribution >= 4 is 5.69 Å². The van der Waals surface area contributed by atoms with Crippen LogP contribution in [0, 0.1) is 12.3 Å². The van der Waals surface area contributed by atoms with E-state index >= 15 is 0 Å². The average Bonchev–Trinajstić information content (AvgIpc) is 2.29. The van der Waals surface area contributed by atoms with Gasteiger partial charge in [-0.1, -0.05) is 18.1 Å². The van der Waals surface area contributed by atoms with Crippen LogP contribution in [0.4, 0.5) is 5.69 Å². The van der Waals surface area contributed by atoms with Crippen molar-refractivity contribution in [3.8, 4) is 0 Å². The molecule has 0 saturated carbocycles. The molecule has 0 atom stereocenters. The molecule has 1 aromatic carbocycles. The van der Waals surface area contributed by atoms with Crippen molar-refractivity contribution in [1.82, 2.24) is 4.98 Å². The largest absolute Gasteiger partial charge is 2.00 e. The summed E-state index contributed by atoms with van der Waals surface area (Å²) in [5.41, 5.74) is 2.04. The van der Waals surface area contributed by atoms with Gasteiger partial charge in [0.05, 0.1) is 0 Å². The van der Waals surface area contributed by atoms with Crippen molar-refractivity contribution in [3.05, 3.63) is 60.4 Å². The van der Waals surface area contributed by atoms with Crippen LogP contribution in [0.25, 0.3) is 0 Å². The Morgan fingerprint density at radius 2 is 2.13 bits per heavy atom. The summed E-state index contributed by atoms with van der Waals surface area (Å²) >= 11 is 0. The third-order valence-corrected chi connectivity index (χ3v) is 1.84. The standard InChI is InChI=1S/C12H10N2.W/c1-2-6-12(7-3-1)14-10-11-5-4-8-13-9-11;/h1-6,8,14H,10H2;/q-2;+2. The first-order valence-electron chi connectivity index (χ1n) is 4.47. The molecule has 0 aliphatic rings. The first-order chi connectivity index (χ1) is 6.95. The van der Waals surface area contributed by atoms with Gasteiger partial charge in [-0.25, -0.2) is 0 Å². The van der Waals surface area contributed by atoms with E-state index in [0.717, 1.165) is 17.8 Å². The molecule has 0 amide bonds. The van der Waals surface area contributed by atoms with Crippen molar-refractivity contribution in [3.63, 3.8) is 0 Å². The monoisotopic (exact) mass is 366 g/mol. The molecular weight excluding hydrogens is 356 g/mol. The number of rotatable bonds is 3. The Labute approximate surface area is 104 Å². The topological polar surface area (TPSA) is 24.9 Å². The molecule has 0 saturated heterocycles. The molecule has 2 rings (SSSR count). The minimum absolute atomic E-state index is 0. The minimum Gasteiger partial charge on any atom is -0.405 e. The maximum absolute atomic E-state index is 3.92. The molecule has 0 spiro atoms. The van der Waals surface area contributed by atoms with Gasteiger partial charge in [0.25, 0.3) is 0 Å². The van der Waals surface area contributed by atoms with Crippen molar-refractivity contribution in [2.24, 2.45) is 0 Å². The summed E-state index contributed by atoms with van der Waals surface area (Å²) in [6.45, 7) is 0.731. The van der Waals surface area contributed by atoms with E-state index in [4.69, 9.17) is 0 Å². The first-order valence-corrected chi connectivity index (χ1v) is 4.47. The fraction of sp³-hybridized carbons (Fsp3) is 0.0833. The van der Waals surface area contributed by atoms with Gasteiger partial charge in [0.1, 0.15) is 0 Å². The van der Waals surface area contributed by atoms with Gasteiger partial charge in [0, 0.05) is 6.54 Å². The number of pyridine rings is 1. The van der Waals surface area contributed by atoms with Gasteiger partial charge in [0.15, 0.2) is 0 Å². The van der Waals surface area contributed by atoms with E-state index in [0.29, 0.717) is 0 Å². The van der Waals surface area contributed by atoms with Crippen LogP contribution in [0.15, 0.2) is 42.6 Å². The van der Waals surface area contributed by atoms with Crippen molar-refractivity contribution in [2.75, 3.05) is 5.32 Å². The molecule has 15 heavy (non-hydrogen) atoms. The molecule has 74 valence electrons. The summed E-state index contributed by atoms with van der Waals surface area (Å²) in [5.74, 6) is 0. The van der Waals surface area contributed by atoms with E-state index in [1.807, 2.05) is 36.4 Å². The molecule has 1 heterocycles. The smallest absolute Gasteiger partial charge is 0.405 e. The van der Waals surface area contributed by atoms with Crippen LogP contribution in [0.2, 0.25) is 0 Å². The van der Waals surface area contributed by atoms with Crippen LogP contribution in [-0.4, -0.2) is 4.98 Å². The summed E-state index contributed by atoms with van der Waals surface area (Å²) in [6.07, 6.45) is 4.63. The molecule has 3 heteroatoms. The average molecular weight is 366 g/mol. The Bertz CT molecular complexity index is 336. The number of para-hydroxylation sites is 1. The Balaban J connectivity index is 0.00000112. The number of anilines is 1. The molecule has 1 N–H and O–H groups in total. The van der Waals surface area contributed by atoms with Gasteiger partial charge in [-0.15, -0.1) is 11.6 Å². The van der Waals surface area contributed by atoms with Gasteiger partial charge >= 0.3 is 21.1 Å². The van der Waals surface area contributed by atoms with E-state index < -0.39 is 0 Å². The SMILES string of the molecule is [W+2].[c-]1ncccc1CNc1[c-]cccc1. The van der Waals surface area contributed by atoms with Crippen LogP contribution in [-0.2, 0) is 27.6 Å². The summed E-state index contributed by atoms with van der Waals surface area (Å²) in [7, 11) is 0. The Morgan fingerprint density at radius 3 is 2.80 bits per heavy atom. The van der Waals surface area contributed by atoms with Gasteiger partial charge in [-0.2, -0.15) is 36.4 Å². The molecule has 0 fully saturated rings. The maximum atomic E-state index is 3.92. The number of nitrogens with one attached hydrogen (secondary N) is 1. The Hall–Kier alpha value is -1.14. The molecule has 2 nitrogen and oxygen atoms in total. The second-order valence-corrected chi connectivity index (χ2v) is 2.90. The number of aromatic nitrogens is 1. The van der Waals surface area contributed by atoms with Crippen LogP contribution in [0.3, 0.4) is 0 Å². The molecule has 1 aromatic heterocycles. The fourth-order valence-electron chi connectivity index (χ4n) is 1.15. The van der Waals surface area contributed by atoms with Crippen LogP contribution >= 0.6 is 0 Å². The molecule has 0 unspecified atom stereocenters. The zero-order valence-corrected chi connectivity index (χ0v) is 11.0. The fourth-order valence-corrected chi connectivity index (χ4v) is 1.15. The van der Waals surface area contributed by atoms with E-state index in [-0.39, 0.29) is 21.1 Å². The number of hydrogen-bond donors (Lipinski definition) is 1. The molecular formula is C12H10N2W.